The molecule has 0 fully saturated rings. The van der Waals surface area contributed by atoms with Crippen molar-refractivity contribution in [2.45, 2.75) is 103 Å². The molecule has 0 atom stereocenters. The predicted octanol–water partition coefficient (Wildman–Crippen LogP) is 6.07. The lowest BCUT2D eigenvalue weighted by Gasteiger charge is -2.07. The van der Waals surface area contributed by atoms with Crippen LogP contribution in [0, 0.1) is 0 Å². The molecule has 0 N–H and O–H groups in total. The maximum absolute atomic E-state index is 11.8. The number of rotatable bonds is 16. The van der Waals surface area contributed by atoms with E-state index in [2.05, 4.69) is 11.7 Å². The summed E-state index contributed by atoms with van der Waals surface area (Å²) < 4.78 is 43.7. The van der Waals surface area contributed by atoms with Gasteiger partial charge >= 0.3 is 18.3 Å². The van der Waals surface area contributed by atoms with Gasteiger partial charge in [0, 0.05) is 12.8 Å². The summed E-state index contributed by atoms with van der Waals surface area (Å²) in [5.41, 5.74) is 0. The third-order valence-electron chi connectivity index (χ3n) is 4.00. The zero-order chi connectivity index (χ0) is 19.7. The Labute approximate surface area is 154 Å². The molecule has 0 bridgehead atoms. The Balaban J connectivity index is 3.30. The summed E-state index contributed by atoms with van der Waals surface area (Å²) in [4.78, 5) is 22.4. The molecular weight excluding hydrogens is 349 g/mol. The van der Waals surface area contributed by atoms with Gasteiger partial charge in [-0.1, -0.05) is 64.7 Å². The van der Waals surface area contributed by atoms with Gasteiger partial charge < -0.3 is 9.47 Å². The minimum Gasteiger partial charge on any atom is -0.466 e. The molecule has 0 aliphatic rings. The number of unbranched alkanes of at least 4 members (excludes halogenated alkanes) is 10. The average molecular weight is 382 g/mol. The van der Waals surface area contributed by atoms with Crippen LogP contribution in [0.2, 0.25) is 0 Å². The van der Waals surface area contributed by atoms with E-state index in [-0.39, 0.29) is 12.4 Å². The fraction of sp³-hybridized carbons (Fsp3) is 0.895. The zero-order valence-electron chi connectivity index (χ0n) is 15.9. The Morgan fingerprint density at radius 2 is 1.15 bits per heavy atom. The van der Waals surface area contributed by atoms with Crippen molar-refractivity contribution in [2.24, 2.45) is 0 Å². The maximum atomic E-state index is 11.8. The van der Waals surface area contributed by atoms with Crippen LogP contribution in [0.3, 0.4) is 0 Å². The number of carbonyl (C=O) groups excluding carboxylic acids is 2. The Bertz CT molecular complexity index is 370. The molecule has 26 heavy (non-hydrogen) atoms. The number of esters is 2. The second-order valence-electron chi connectivity index (χ2n) is 6.53. The quantitative estimate of drug-likeness (QED) is 0.240. The van der Waals surface area contributed by atoms with Crippen molar-refractivity contribution < 1.29 is 32.2 Å². The molecule has 0 aliphatic carbocycles. The molecule has 0 rings (SSSR count). The van der Waals surface area contributed by atoms with Crippen LogP contribution >= 0.6 is 0 Å². The van der Waals surface area contributed by atoms with Gasteiger partial charge in [0.15, 0.2) is 0 Å². The van der Waals surface area contributed by atoms with Gasteiger partial charge in [0.05, 0.1) is 6.61 Å². The molecule has 0 heterocycles. The number of ether oxygens (including phenoxy) is 2. The third kappa shape index (κ3) is 19.1. The molecule has 0 aromatic rings. The second-order valence-corrected chi connectivity index (χ2v) is 6.53. The van der Waals surface area contributed by atoms with E-state index in [0.29, 0.717) is 25.9 Å². The van der Waals surface area contributed by atoms with E-state index < -0.39 is 12.3 Å². The minimum absolute atomic E-state index is 0.135. The van der Waals surface area contributed by atoms with Crippen LogP contribution in [-0.4, -0.2) is 24.9 Å². The molecule has 0 aromatic heterocycles. The summed E-state index contributed by atoms with van der Waals surface area (Å²) in [5, 5.41) is 0. The molecular formula is C19H33F3O4. The SMILES string of the molecule is CCCCCCCCC(=O)OCCCCCCCCC(=O)OC(F)(F)F. The molecule has 154 valence electrons. The van der Waals surface area contributed by atoms with Gasteiger partial charge in [-0.05, 0) is 19.3 Å². The molecule has 0 amide bonds. The first kappa shape index (κ1) is 24.7. The lowest BCUT2D eigenvalue weighted by molar-refractivity contribution is -0.305. The van der Waals surface area contributed by atoms with Crippen molar-refractivity contribution in [3.05, 3.63) is 0 Å². The number of hydrogen-bond acceptors (Lipinski definition) is 4. The molecule has 0 saturated heterocycles. The van der Waals surface area contributed by atoms with Gasteiger partial charge in [0.1, 0.15) is 0 Å². The first-order valence-corrected chi connectivity index (χ1v) is 9.79. The van der Waals surface area contributed by atoms with E-state index in [1.807, 2.05) is 0 Å². The number of hydrogen-bond donors (Lipinski definition) is 0. The number of halogens is 3. The van der Waals surface area contributed by atoms with Gasteiger partial charge in [-0.3, -0.25) is 9.59 Å². The van der Waals surface area contributed by atoms with E-state index in [4.69, 9.17) is 4.74 Å². The number of carbonyl (C=O) groups is 2. The maximum Gasteiger partial charge on any atom is 0.575 e. The monoisotopic (exact) mass is 382 g/mol. The Kier molecular flexibility index (Phi) is 15.2. The van der Waals surface area contributed by atoms with Crippen LogP contribution in [0.5, 0.6) is 0 Å². The van der Waals surface area contributed by atoms with Crippen LogP contribution in [-0.2, 0) is 19.1 Å². The van der Waals surface area contributed by atoms with Crippen molar-refractivity contribution in [3.63, 3.8) is 0 Å². The second kappa shape index (κ2) is 15.9. The topological polar surface area (TPSA) is 52.6 Å². The number of alkyl halides is 3. The molecule has 0 aliphatic heterocycles. The normalized spacial score (nSPS) is 11.4. The van der Waals surface area contributed by atoms with Crippen LogP contribution < -0.4 is 0 Å². The molecule has 7 heteroatoms. The molecule has 0 radical (unpaired) electrons. The standard InChI is InChI=1S/C19H33F3O4/c1-2-3-4-5-8-11-14-17(23)25-16-13-10-7-6-9-12-15-18(24)26-19(20,21)22/h2-16H2,1H3. The largest absolute Gasteiger partial charge is 0.575 e. The van der Waals surface area contributed by atoms with Gasteiger partial charge in [-0.15, -0.1) is 13.2 Å². The van der Waals surface area contributed by atoms with E-state index in [1.165, 1.54) is 25.7 Å². The smallest absolute Gasteiger partial charge is 0.466 e. The van der Waals surface area contributed by atoms with Crippen LogP contribution in [0.1, 0.15) is 96.8 Å². The third-order valence-corrected chi connectivity index (χ3v) is 4.00. The first-order valence-electron chi connectivity index (χ1n) is 9.79. The first-order chi connectivity index (χ1) is 12.3. The van der Waals surface area contributed by atoms with Crippen molar-refractivity contribution in [2.75, 3.05) is 6.61 Å². The summed E-state index contributed by atoms with van der Waals surface area (Å²) >= 11 is 0. The van der Waals surface area contributed by atoms with Crippen LogP contribution in [0.25, 0.3) is 0 Å². The van der Waals surface area contributed by atoms with E-state index in [9.17, 15) is 22.8 Å². The Morgan fingerprint density at radius 3 is 1.69 bits per heavy atom. The van der Waals surface area contributed by atoms with E-state index >= 15 is 0 Å². The fourth-order valence-corrected chi connectivity index (χ4v) is 2.57. The van der Waals surface area contributed by atoms with Crippen LogP contribution in [0.15, 0.2) is 0 Å². The lowest BCUT2D eigenvalue weighted by atomic mass is 10.1. The van der Waals surface area contributed by atoms with Gasteiger partial charge in [0.2, 0.25) is 0 Å². The molecule has 0 spiro atoms. The van der Waals surface area contributed by atoms with Gasteiger partial charge in [-0.25, -0.2) is 0 Å². The zero-order valence-corrected chi connectivity index (χ0v) is 15.9. The fourth-order valence-electron chi connectivity index (χ4n) is 2.57. The van der Waals surface area contributed by atoms with Crippen molar-refractivity contribution >= 4 is 11.9 Å². The van der Waals surface area contributed by atoms with Gasteiger partial charge in [-0.2, -0.15) is 0 Å². The summed E-state index contributed by atoms with van der Waals surface area (Å²) in [6, 6.07) is 0. The molecule has 0 saturated carbocycles. The lowest BCUT2D eigenvalue weighted by Crippen LogP contribution is -2.18. The summed E-state index contributed by atoms with van der Waals surface area (Å²) in [5.74, 6) is -1.36. The summed E-state index contributed by atoms with van der Waals surface area (Å²) in [6.45, 7) is 2.60. The van der Waals surface area contributed by atoms with Crippen molar-refractivity contribution in [1.29, 1.82) is 0 Å². The minimum atomic E-state index is -4.89. The highest BCUT2D eigenvalue weighted by atomic mass is 19.4. The highest BCUT2D eigenvalue weighted by molar-refractivity contribution is 5.69. The van der Waals surface area contributed by atoms with Crippen molar-refractivity contribution in [1.82, 2.24) is 0 Å². The van der Waals surface area contributed by atoms with Crippen LogP contribution in [0.4, 0.5) is 13.2 Å². The summed E-state index contributed by atoms with van der Waals surface area (Å²) in [6.07, 6.45) is 6.74. The highest BCUT2D eigenvalue weighted by Gasteiger charge is 2.33. The Morgan fingerprint density at radius 1 is 0.692 bits per heavy atom. The predicted molar refractivity (Wildman–Crippen MR) is 93.4 cm³/mol. The van der Waals surface area contributed by atoms with Gasteiger partial charge in [0.25, 0.3) is 0 Å². The molecule has 0 unspecified atom stereocenters. The Hall–Kier alpha value is -1.27. The van der Waals surface area contributed by atoms with E-state index in [0.717, 1.165) is 38.5 Å². The molecule has 0 aromatic carbocycles. The van der Waals surface area contributed by atoms with Crippen molar-refractivity contribution in [3.8, 4) is 0 Å². The average Bonchev–Trinajstić information content (AvgIpc) is 2.54. The van der Waals surface area contributed by atoms with E-state index in [1.54, 1.807) is 0 Å². The highest BCUT2D eigenvalue weighted by Crippen LogP contribution is 2.18. The summed E-state index contributed by atoms with van der Waals surface area (Å²) in [7, 11) is 0. The molecule has 4 nitrogen and oxygen atoms in total.